The van der Waals surface area contributed by atoms with Crippen molar-refractivity contribution in [3.05, 3.63) is 95.7 Å². The number of hydrogen-bond acceptors (Lipinski definition) is 8. The Morgan fingerprint density at radius 3 is 2.27 bits per heavy atom. The second kappa shape index (κ2) is 18.0. The van der Waals surface area contributed by atoms with Crippen molar-refractivity contribution in [3.8, 4) is 11.5 Å². The van der Waals surface area contributed by atoms with Crippen LogP contribution >= 0.6 is 0 Å². The van der Waals surface area contributed by atoms with E-state index in [1.807, 2.05) is 36.4 Å². The molecule has 0 saturated heterocycles. The molecule has 0 bridgehead atoms. The van der Waals surface area contributed by atoms with Crippen LogP contribution in [0.15, 0.2) is 78.9 Å². The largest absolute Gasteiger partial charge is 0.497 e. The minimum atomic E-state index is -0.450. The van der Waals surface area contributed by atoms with Crippen LogP contribution in [0.5, 0.6) is 11.5 Å². The fraction of sp³-hybridized carbons (Fsp3) is 0.324. The number of hydrogen-bond donors (Lipinski definition) is 3. The minimum absolute atomic E-state index is 0.0235. The first-order valence-corrected chi connectivity index (χ1v) is 15.8. The van der Waals surface area contributed by atoms with Crippen LogP contribution < -0.4 is 25.4 Å². The third-order valence-corrected chi connectivity index (χ3v) is 7.23. The molecule has 0 unspecified atom stereocenters. The number of nitrogens with one attached hydrogen (secondary N) is 3. The van der Waals surface area contributed by atoms with Gasteiger partial charge < -0.3 is 30.3 Å². The van der Waals surface area contributed by atoms with Crippen molar-refractivity contribution in [2.24, 2.45) is 5.92 Å². The number of rotatable bonds is 13. The molecule has 1 fully saturated rings. The number of allylic oxidation sites excluding steroid dienone is 4. The molecule has 1 aliphatic carbocycles. The molecule has 1 aromatic heterocycles. The number of amides is 3. The molecule has 3 aromatic rings. The van der Waals surface area contributed by atoms with Gasteiger partial charge in [-0.05, 0) is 49.1 Å². The average molecular weight is 655 g/mol. The summed E-state index contributed by atoms with van der Waals surface area (Å²) in [5, 5.41) is 16.6. The van der Waals surface area contributed by atoms with E-state index in [0.717, 1.165) is 24.2 Å². The highest BCUT2D eigenvalue weighted by Crippen LogP contribution is 2.37. The first-order chi connectivity index (χ1) is 23.1. The number of nitrogens with zero attached hydrogens (tertiary/aromatic N) is 3. The predicted octanol–water partition coefficient (Wildman–Crippen LogP) is 6.54. The molecular formula is C37H46N6O5. The van der Waals surface area contributed by atoms with E-state index in [4.69, 9.17) is 9.47 Å². The molecule has 0 radical (unpaired) electrons. The van der Waals surface area contributed by atoms with E-state index in [1.165, 1.54) is 20.6 Å². The van der Waals surface area contributed by atoms with E-state index >= 15 is 0 Å². The van der Waals surface area contributed by atoms with Gasteiger partial charge in [0.1, 0.15) is 11.5 Å². The molecule has 3 N–H and O–H groups in total. The Bertz CT molecular complexity index is 1660. The molecule has 11 nitrogen and oxygen atoms in total. The zero-order valence-corrected chi connectivity index (χ0v) is 28.8. The number of benzene rings is 2. The minimum Gasteiger partial charge on any atom is -0.497 e. The molecule has 0 atom stereocenters. The quantitative estimate of drug-likeness (QED) is 0.140. The Labute approximate surface area is 283 Å². The SMILES string of the molecule is C=C/C(=C\C=C(/C)C(=O)N(C)Cc1ccc(OC)cc1)c1cccc(Nc2cc(NC(=O)C3CC3)nnc2C(=O)NC)c1OC.CCC. The molecular weight excluding hydrogens is 608 g/mol. The normalized spacial score (nSPS) is 12.6. The summed E-state index contributed by atoms with van der Waals surface area (Å²) in [5.74, 6) is 0.735. The van der Waals surface area contributed by atoms with Gasteiger partial charge in [-0.3, -0.25) is 14.4 Å². The zero-order chi connectivity index (χ0) is 35.2. The first-order valence-electron chi connectivity index (χ1n) is 15.8. The molecule has 48 heavy (non-hydrogen) atoms. The van der Waals surface area contributed by atoms with Gasteiger partial charge in [0.2, 0.25) is 11.8 Å². The lowest BCUT2D eigenvalue weighted by molar-refractivity contribution is -0.126. The topological polar surface area (TPSA) is 135 Å². The van der Waals surface area contributed by atoms with Crippen molar-refractivity contribution in [2.45, 2.75) is 46.6 Å². The summed E-state index contributed by atoms with van der Waals surface area (Å²) >= 11 is 0. The number of carbonyl (C=O) groups is 3. The van der Waals surface area contributed by atoms with E-state index in [1.54, 1.807) is 56.3 Å². The fourth-order valence-corrected chi connectivity index (χ4v) is 4.57. The van der Waals surface area contributed by atoms with E-state index in [-0.39, 0.29) is 29.2 Å². The van der Waals surface area contributed by atoms with Gasteiger partial charge >= 0.3 is 0 Å². The molecule has 1 saturated carbocycles. The van der Waals surface area contributed by atoms with Crippen molar-refractivity contribution < 1.29 is 23.9 Å². The Hall–Kier alpha value is -5.45. The van der Waals surface area contributed by atoms with Gasteiger partial charge in [-0.15, -0.1) is 10.2 Å². The highest BCUT2D eigenvalue weighted by atomic mass is 16.5. The van der Waals surface area contributed by atoms with Gasteiger partial charge in [0.05, 0.1) is 25.6 Å². The van der Waals surface area contributed by atoms with Gasteiger partial charge in [0.15, 0.2) is 11.5 Å². The smallest absolute Gasteiger partial charge is 0.273 e. The second-order valence-electron chi connectivity index (χ2n) is 11.2. The number of para-hydroxylation sites is 1. The van der Waals surface area contributed by atoms with Crippen LogP contribution in [0.3, 0.4) is 0 Å². The first kappa shape index (κ1) is 37.0. The van der Waals surface area contributed by atoms with Crippen molar-refractivity contribution in [1.82, 2.24) is 20.4 Å². The lowest BCUT2D eigenvalue weighted by atomic mass is 10.0. The summed E-state index contributed by atoms with van der Waals surface area (Å²) in [4.78, 5) is 39.7. The highest BCUT2D eigenvalue weighted by molar-refractivity contribution is 6.00. The highest BCUT2D eigenvalue weighted by Gasteiger charge is 2.30. The van der Waals surface area contributed by atoms with Crippen LogP contribution in [0.4, 0.5) is 17.2 Å². The van der Waals surface area contributed by atoms with Crippen molar-refractivity contribution in [2.75, 3.05) is 38.9 Å². The van der Waals surface area contributed by atoms with E-state index < -0.39 is 5.91 Å². The predicted molar refractivity (Wildman–Crippen MR) is 190 cm³/mol. The van der Waals surface area contributed by atoms with Gasteiger partial charge in [-0.1, -0.05) is 69.3 Å². The second-order valence-corrected chi connectivity index (χ2v) is 11.2. The van der Waals surface area contributed by atoms with Gasteiger partial charge in [-0.25, -0.2) is 0 Å². The monoisotopic (exact) mass is 654 g/mol. The Balaban J connectivity index is 0.00000201. The summed E-state index contributed by atoms with van der Waals surface area (Å²) in [6.45, 7) is 10.4. The summed E-state index contributed by atoms with van der Waals surface area (Å²) in [7, 11) is 6.40. The molecule has 3 amide bonds. The van der Waals surface area contributed by atoms with E-state index in [0.29, 0.717) is 40.4 Å². The van der Waals surface area contributed by atoms with Crippen LogP contribution in [-0.2, 0) is 16.1 Å². The molecule has 254 valence electrons. The molecule has 11 heteroatoms. The maximum absolute atomic E-state index is 13.1. The maximum atomic E-state index is 13.1. The molecule has 1 heterocycles. The summed E-state index contributed by atoms with van der Waals surface area (Å²) in [5.41, 5.74) is 3.84. The van der Waals surface area contributed by atoms with Gasteiger partial charge in [0, 0.05) is 43.8 Å². The Morgan fingerprint density at radius 2 is 1.69 bits per heavy atom. The Morgan fingerprint density at radius 1 is 1.00 bits per heavy atom. The van der Waals surface area contributed by atoms with E-state index in [2.05, 4.69) is 46.6 Å². The average Bonchev–Trinajstić information content (AvgIpc) is 3.95. The number of aromatic nitrogens is 2. The summed E-state index contributed by atoms with van der Waals surface area (Å²) in [6.07, 6.45) is 8.15. The standard InChI is InChI=1S/C34H38N6O5.C3H8/c1-7-23(14-11-21(2)34(43)40(4)20-22-12-17-25(44-5)18-13-22)26-9-8-10-27(31(26)45-6)36-28-19-29(37-32(41)24-15-16-24)38-39-30(28)33(42)35-3;1-3-2/h7-14,17-19,24H,1,15-16,20H2,2-6H3,(H,35,42)(H2,36,37,38,41);3H2,1-2H3/b21-11+,23-14+;. The summed E-state index contributed by atoms with van der Waals surface area (Å²) in [6, 6.07) is 14.6. The van der Waals surface area contributed by atoms with Crippen LogP contribution in [0.25, 0.3) is 5.57 Å². The lowest BCUT2D eigenvalue weighted by Crippen LogP contribution is -2.26. The van der Waals surface area contributed by atoms with Crippen molar-refractivity contribution in [1.29, 1.82) is 0 Å². The van der Waals surface area contributed by atoms with Crippen molar-refractivity contribution >= 4 is 40.5 Å². The van der Waals surface area contributed by atoms with Crippen molar-refractivity contribution in [3.63, 3.8) is 0 Å². The molecule has 4 rings (SSSR count). The molecule has 0 spiro atoms. The number of anilines is 3. The van der Waals surface area contributed by atoms with Crippen LogP contribution in [-0.4, -0.2) is 61.1 Å². The third kappa shape index (κ3) is 10.0. The number of methoxy groups -OCH3 is 2. The maximum Gasteiger partial charge on any atom is 0.273 e. The fourth-order valence-electron chi connectivity index (χ4n) is 4.57. The van der Waals surface area contributed by atoms with E-state index in [9.17, 15) is 14.4 Å². The molecule has 1 aliphatic rings. The Kier molecular flexibility index (Phi) is 13.9. The van der Waals surface area contributed by atoms with Gasteiger partial charge in [0.25, 0.3) is 5.91 Å². The number of carbonyl (C=O) groups excluding carboxylic acids is 3. The van der Waals surface area contributed by atoms with Crippen LogP contribution in [0.2, 0.25) is 0 Å². The molecule has 2 aromatic carbocycles. The zero-order valence-electron chi connectivity index (χ0n) is 28.8. The number of likely N-dealkylation sites (N-methyl/N-ethyl adjacent to an activating group) is 1. The van der Waals surface area contributed by atoms with Gasteiger partial charge in [-0.2, -0.15) is 0 Å². The third-order valence-electron chi connectivity index (χ3n) is 7.23. The number of ether oxygens (including phenoxy) is 2. The van der Waals surface area contributed by atoms with Crippen LogP contribution in [0, 0.1) is 5.92 Å². The van der Waals surface area contributed by atoms with Crippen LogP contribution in [0.1, 0.15) is 61.6 Å². The molecule has 0 aliphatic heterocycles. The lowest BCUT2D eigenvalue weighted by Gasteiger charge is -2.18. The summed E-state index contributed by atoms with van der Waals surface area (Å²) < 4.78 is 11.0.